The molecule has 0 saturated carbocycles. The largest absolute Gasteiger partial charge is 0.362 e. The number of rotatable bonds is 7. The minimum Gasteiger partial charge on any atom is -0.362 e. The summed E-state index contributed by atoms with van der Waals surface area (Å²) in [4.78, 5) is 34.8. The van der Waals surface area contributed by atoms with E-state index in [0.717, 1.165) is 25.2 Å². The molecule has 0 spiro atoms. The van der Waals surface area contributed by atoms with Crippen LogP contribution in [0.15, 0.2) is 36.5 Å². The van der Waals surface area contributed by atoms with E-state index in [1.54, 1.807) is 12.3 Å². The quantitative estimate of drug-likeness (QED) is 0.625. The molecule has 0 aliphatic carbocycles. The van der Waals surface area contributed by atoms with E-state index < -0.39 is 0 Å². The van der Waals surface area contributed by atoms with Crippen molar-refractivity contribution in [3.63, 3.8) is 0 Å². The summed E-state index contributed by atoms with van der Waals surface area (Å²) in [6.07, 6.45) is 2.02. The number of hydrogen-bond acceptors (Lipinski definition) is 6. The Bertz CT molecular complexity index is 1010. The van der Waals surface area contributed by atoms with Gasteiger partial charge in [-0.25, -0.2) is 4.98 Å². The lowest BCUT2D eigenvalue weighted by Gasteiger charge is -2.27. The number of Topliss-reactive ketones (excluding diaryl/α,β-unsaturated/α-hetero) is 1. The Hall–Kier alpha value is -2.48. The van der Waals surface area contributed by atoms with Crippen molar-refractivity contribution in [3.8, 4) is 0 Å². The van der Waals surface area contributed by atoms with Gasteiger partial charge in [0.25, 0.3) is 0 Å². The maximum atomic E-state index is 13.7. The van der Waals surface area contributed by atoms with Gasteiger partial charge in [-0.05, 0) is 55.1 Å². The average Bonchev–Trinajstić information content (AvgIpc) is 3.35. The minimum absolute atomic E-state index is 0.0818. The van der Waals surface area contributed by atoms with Crippen LogP contribution in [-0.4, -0.2) is 67.9 Å². The molecule has 2 N–H and O–H groups in total. The van der Waals surface area contributed by atoms with Crippen LogP contribution in [0.3, 0.4) is 0 Å². The number of aryl methyl sites for hydroxylation is 1. The predicted molar refractivity (Wildman–Crippen MR) is 128 cm³/mol. The van der Waals surface area contributed by atoms with E-state index in [1.165, 1.54) is 0 Å². The molecule has 2 aliphatic heterocycles. The molecule has 0 bridgehead atoms. The molecule has 7 nitrogen and oxygen atoms in total. The fourth-order valence-corrected chi connectivity index (χ4v) is 5.02. The zero-order valence-electron chi connectivity index (χ0n) is 18.8. The molecule has 3 atom stereocenters. The van der Waals surface area contributed by atoms with Crippen LogP contribution in [0.4, 0.5) is 11.5 Å². The Kier molecular flexibility index (Phi) is 6.79. The molecule has 3 heterocycles. The molecular weight excluding hydrogens is 426 g/mol. The second-order valence-corrected chi connectivity index (χ2v) is 9.32. The van der Waals surface area contributed by atoms with Gasteiger partial charge in [-0.3, -0.25) is 14.5 Å². The van der Waals surface area contributed by atoms with Gasteiger partial charge < -0.3 is 15.5 Å². The number of carbonyl (C=O) groups excluding carboxylic acids is 2. The van der Waals surface area contributed by atoms with Crippen LogP contribution in [0.2, 0.25) is 5.02 Å². The van der Waals surface area contributed by atoms with Crippen molar-refractivity contribution in [1.29, 1.82) is 0 Å². The van der Waals surface area contributed by atoms with E-state index in [9.17, 15) is 9.59 Å². The molecule has 32 heavy (non-hydrogen) atoms. The highest BCUT2D eigenvalue weighted by molar-refractivity contribution is 6.31. The average molecular weight is 456 g/mol. The topological polar surface area (TPSA) is 77.6 Å². The molecule has 0 radical (unpaired) electrons. The highest BCUT2D eigenvalue weighted by atomic mass is 35.5. The third-order valence-electron chi connectivity index (χ3n) is 6.49. The lowest BCUT2D eigenvalue weighted by atomic mass is 9.89. The lowest BCUT2D eigenvalue weighted by Crippen LogP contribution is -2.43. The highest BCUT2D eigenvalue weighted by Gasteiger charge is 2.48. The lowest BCUT2D eigenvalue weighted by molar-refractivity contribution is -0.116. The summed E-state index contributed by atoms with van der Waals surface area (Å²) in [5.41, 5.74) is 2.29. The molecule has 2 saturated heterocycles. The van der Waals surface area contributed by atoms with Crippen LogP contribution < -0.4 is 15.5 Å². The van der Waals surface area contributed by atoms with E-state index in [0.29, 0.717) is 41.0 Å². The normalized spacial score (nSPS) is 22.6. The van der Waals surface area contributed by atoms with Gasteiger partial charge in [0.1, 0.15) is 5.82 Å². The summed E-state index contributed by atoms with van der Waals surface area (Å²) in [5.74, 6) is 1.35. The van der Waals surface area contributed by atoms with Gasteiger partial charge in [0, 0.05) is 57.1 Å². The number of halogens is 1. The zero-order valence-corrected chi connectivity index (χ0v) is 19.5. The Balaban J connectivity index is 1.47. The van der Waals surface area contributed by atoms with Gasteiger partial charge in [-0.2, -0.15) is 0 Å². The van der Waals surface area contributed by atoms with Gasteiger partial charge in [-0.1, -0.05) is 17.7 Å². The first-order valence-electron chi connectivity index (χ1n) is 11.0. The van der Waals surface area contributed by atoms with E-state index in [2.05, 4.69) is 20.5 Å². The van der Waals surface area contributed by atoms with Crippen LogP contribution >= 0.6 is 11.6 Å². The Labute approximate surface area is 194 Å². The van der Waals surface area contributed by atoms with Crippen molar-refractivity contribution >= 4 is 34.8 Å². The highest BCUT2D eigenvalue weighted by Crippen LogP contribution is 2.35. The number of anilines is 2. The Morgan fingerprint density at radius 1 is 1.28 bits per heavy atom. The van der Waals surface area contributed by atoms with Crippen LogP contribution in [0.25, 0.3) is 0 Å². The smallest absolute Gasteiger partial charge is 0.225 e. The maximum absolute atomic E-state index is 13.7. The first-order valence-corrected chi connectivity index (χ1v) is 11.4. The minimum atomic E-state index is -0.250. The molecular formula is C24H30ClN5O2. The molecule has 8 heteroatoms. The molecule has 2 unspecified atom stereocenters. The molecule has 2 aromatic rings. The molecule has 2 aliphatic rings. The van der Waals surface area contributed by atoms with Crippen molar-refractivity contribution < 1.29 is 9.59 Å². The van der Waals surface area contributed by atoms with Crippen molar-refractivity contribution in [2.75, 3.05) is 50.5 Å². The van der Waals surface area contributed by atoms with Gasteiger partial charge in [0.05, 0.1) is 11.6 Å². The summed E-state index contributed by atoms with van der Waals surface area (Å²) in [7, 11) is 3.79. The number of nitrogens with one attached hydrogen (secondary N) is 2. The predicted octanol–water partition coefficient (Wildman–Crippen LogP) is 2.84. The van der Waals surface area contributed by atoms with E-state index in [-0.39, 0.29) is 23.7 Å². The second kappa shape index (κ2) is 9.57. The number of hydrogen-bond donors (Lipinski definition) is 2. The van der Waals surface area contributed by atoms with Crippen LogP contribution in [0, 0.1) is 18.8 Å². The Morgan fingerprint density at radius 3 is 2.84 bits per heavy atom. The summed E-state index contributed by atoms with van der Waals surface area (Å²) in [5, 5.41) is 6.98. The number of ketones is 1. The van der Waals surface area contributed by atoms with Crippen molar-refractivity contribution in [2.24, 2.45) is 11.8 Å². The molecule has 1 amide bonds. The van der Waals surface area contributed by atoms with Crippen LogP contribution in [-0.2, 0) is 4.79 Å². The fourth-order valence-electron chi connectivity index (χ4n) is 4.84. The number of amides is 1. The van der Waals surface area contributed by atoms with Gasteiger partial charge in [0.2, 0.25) is 5.91 Å². The SMILES string of the molecule is Cc1ccc(NC(=O)CCN2CC3CNCC3[C@H]2C(=O)c2cccnc2N(C)C)cc1Cl. The van der Waals surface area contributed by atoms with Crippen molar-refractivity contribution in [2.45, 2.75) is 19.4 Å². The molecule has 170 valence electrons. The molecule has 4 rings (SSSR count). The summed E-state index contributed by atoms with van der Waals surface area (Å²) < 4.78 is 0. The van der Waals surface area contributed by atoms with E-state index >= 15 is 0 Å². The van der Waals surface area contributed by atoms with Gasteiger partial charge >= 0.3 is 0 Å². The number of likely N-dealkylation sites (tertiary alicyclic amines) is 1. The van der Waals surface area contributed by atoms with Crippen molar-refractivity contribution in [1.82, 2.24) is 15.2 Å². The van der Waals surface area contributed by atoms with Crippen LogP contribution in [0.1, 0.15) is 22.3 Å². The fraction of sp³-hybridized carbons (Fsp3) is 0.458. The van der Waals surface area contributed by atoms with E-state index in [1.807, 2.05) is 50.2 Å². The maximum Gasteiger partial charge on any atom is 0.225 e. The molecule has 2 fully saturated rings. The zero-order chi connectivity index (χ0) is 22.8. The van der Waals surface area contributed by atoms with Gasteiger partial charge in [0.15, 0.2) is 5.78 Å². The number of fused-ring (bicyclic) bond motifs is 1. The standard InChI is InChI=1S/C24H30ClN5O2/c1-15-6-7-17(11-20(15)25)28-21(31)8-10-30-14-16-12-26-13-19(16)22(30)23(32)18-5-4-9-27-24(18)29(2)3/h4-7,9,11,16,19,22,26H,8,10,12-14H2,1-3H3,(H,28,31)/t16?,19?,22-/m0/s1. The summed E-state index contributed by atoms with van der Waals surface area (Å²) in [6.45, 7) is 5.01. The summed E-state index contributed by atoms with van der Waals surface area (Å²) in [6, 6.07) is 8.91. The summed E-state index contributed by atoms with van der Waals surface area (Å²) >= 11 is 6.17. The third kappa shape index (κ3) is 4.65. The molecule has 1 aromatic carbocycles. The van der Waals surface area contributed by atoms with E-state index in [4.69, 9.17) is 11.6 Å². The number of carbonyl (C=O) groups is 2. The number of nitrogens with zero attached hydrogens (tertiary/aromatic N) is 3. The monoisotopic (exact) mass is 455 g/mol. The number of pyridine rings is 1. The Morgan fingerprint density at radius 2 is 2.09 bits per heavy atom. The van der Waals surface area contributed by atoms with Crippen molar-refractivity contribution in [3.05, 3.63) is 52.7 Å². The third-order valence-corrected chi connectivity index (χ3v) is 6.89. The van der Waals surface area contributed by atoms with Gasteiger partial charge in [-0.15, -0.1) is 0 Å². The first-order chi connectivity index (χ1) is 15.3. The number of benzene rings is 1. The second-order valence-electron chi connectivity index (χ2n) is 8.92. The van der Waals surface area contributed by atoms with Crippen LogP contribution in [0.5, 0.6) is 0 Å². The first kappa shape index (κ1) is 22.7. The molecule has 1 aromatic heterocycles. The number of aromatic nitrogens is 1.